The molecule has 1 aliphatic heterocycles. The Morgan fingerprint density at radius 3 is 2.85 bits per heavy atom. The first-order valence-corrected chi connectivity index (χ1v) is 7.47. The van der Waals surface area contributed by atoms with Gasteiger partial charge in [-0.2, -0.15) is 0 Å². The van der Waals surface area contributed by atoms with E-state index in [0.29, 0.717) is 23.8 Å². The first-order valence-electron chi connectivity index (χ1n) is 7.47. The van der Waals surface area contributed by atoms with Crippen molar-refractivity contribution < 1.29 is 9.53 Å². The van der Waals surface area contributed by atoms with Crippen molar-refractivity contribution in [1.82, 2.24) is 5.32 Å². The number of hydrogen-bond donors (Lipinski definition) is 2. The summed E-state index contributed by atoms with van der Waals surface area (Å²) in [4.78, 5) is 12.4. The summed E-state index contributed by atoms with van der Waals surface area (Å²) >= 11 is 0. The molecule has 1 heterocycles. The van der Waals surface area contributed by atoms with E-state index in [-0.39, 0.29) is 11.9 Å². The smallest absolute Gasteiger partial charge is 0.255 e. The van der Waals surface area contributed by atoms with Crippen LogP contribution in [0.15, 0.2) is 18.2 Å². The maximum Gasteiger partial charge on any atom is 0.255 e. The van der Waals surface area contributed by atoms with E-state index in [9.17, 15) is 4.79 Å². The monoisotopic (exact) mass is 276 g/mol. The molecule has 0 spiro atoms. The van der Waals surface area contributed by atoms with Crippen molar-refractivity contribution in [3.63, 3.8) is 0 Å². The van der Waals surface area contributed by atoms with Crippen LogP contribution in [-0.4, -0.2) is 25.1 Å². The van der Waals surface area contributed by atoms with Crippen LogP contribution in [0.3, 0.4) is 0 Å². The SMILES string of the molecule is CCC(CC)C(C)NC(=O)c1cccc2c1OCCN2. The van der Waals surface area contributed by atoms with E-state index in [1.54, 1.807) is 0 Å². The molecular weight excluding hydrogens is 252 g/mol. The van der Waals surface area contributed by atoms with Gasteiger partial charge in [0.1, 0.15) is 6.61 Å². The van der Waals surface area contributed by atoms with E-state index >= 15 is 0 Å². The quantitative estimate of drug-likeness (QED) is 0.869. The van der Waals surface area contributed by atoms with Crippen LogP contribution in [-0.2, 0) is 0 Å². The number of carbonyl (C=O) groups excluding carboxylic acids is 1. The summed E-state index contributed by atoms with van der Waals surface area (Å²) in [5, 5.41) is 6.35. The Kier molecular flexibility index (Phi) is 4.88. The van der Waals surface area contributed by atoms with Crippen molar-refractivity contribution in [3.05, 3.63) is 23.8 Å². The summed E-state index contributed by atoms with van der Waals surface area (Å²) in [7, 11) is 0. The number of para-hydroxylation sites is 1. The number of benzene rings is 1. The van der Waals surface area contributed by atoms with Gasteiger partial charge in [-0.1, -0.05) is 32.8 Å². The molecule has 1 aromatic carbocycles. The summed E-state index contributed by atoms with van der Waals surface area (Å²) in [5.74, 6) is 1.13. The standard InChI is InChI=1S/C16H24N2O2/c1-4-12(5-2)11(3)18-16(19)13-7-6-8-14-15(13)20-10-9-17-14/h6-8,11-12,17H,4-5,9-10H2,1-3H3,(H,18,19). The Bertz CT molecular complexity index is 470. The lowest BCUT2D eigenvalue weighted by molar-refractivity contribution is 0.0921. The van der Waals surface area contributed by atoms with Crippen molar-refractivity contribution in [2.45, 2.75) is 39.7 Å². The molecule has 0 aromatic heterocycles. The van der Waals surface area contributed by atoms with Gasteiger partial charge < -0.3 is 15.4 Å². The first kappa shape index (κ1) is 14.7. The summed E-state index contributed by atoms with van der Waals surface area (Å²) in [5.41, 5.74) is 1.52. The second-order valence-corrected chi connectivity index (χ2v) is 5.30. The second kappa shape index (κ2) is 6.64. The lowest BCUT2D eigenvalue weighted by Gasteiger charge is -2.25. The molecule has 0 fully saturated rings. The van der Waals surface area contributed by atoms with Crippen molar-refractivity contribution >= 4 is 11.6 Å². The predicted octanol–water partition coefficient (Wildman–Crippen LogP) is 3.05. The van der Waals surface area contributed by atoms with Gasteiger partial charge in [0, 0.05) is 12.6 Å². The Hall–Kier alpha value is -1.71. The minimum atomic E-state index is -0.0510. The fourth-order valence-corrected chi connectivity index (χ4v) is 2.75. The molecule has 4 nitrogen and oxygen atoms in total. The zero-order valence-corrected chi connectivity index (χ0v) is 12.5. The Morgan fingerprint density at radius 2 is 2.15 bits per heavy atom. The van der Waals surface area contributed by atoms with Gasteiger partial charge in [-0.05, 0) is 25.0 Å². The molecule has 2 rings (SSSR count). The molecule has 0 bridgehead atoms. The van der Waals surface area contributed by atoms with Crippen molar-refractivity contribution in [3.8, 4) is 5.75 Å². The Balaban J connectivity index is 2.13. The molecule has 1 unspecified atom stereocenters. The van der Waals surface area contributed by atoms with Gasteiger partial charge in [-0.3, -0.25) is 4.79 Å². The topological polar surface area (TPSA) is 50.4 Å². The van der Waals surface area contributed by atoms with Crippen molar-refractivity contribution in [2.24, 2.45) is 5.92 Å². The third-order valence-electron chi connectivity index (χ3n) is 4.04. The van der Waals surface area contributed by atoms with Crippen LogP contribution in [0.25, 0.3) is 0 Å². The lowest BCUT2D eigenvalue weighted by Crippen LogP contribution is -2.38. The Labute approximate surface area is 120 Å². The van der Waals surface area contributed by atoms with E-state index in [2.05, 4.69) is 31.4 Å². The van der Waals surface area contributed by atoms with E-state index in [4.69, 9.17) is 4.74 Å². The zero-order chi connectivity index (χ0) is 14.5. The molecule has 1 amide bonds. The van der Waals surface area contributed by atoms with Crippen LogP contribution in [0.2, 0.25) is 0 Å². The summed E-state index contributed by atoms with van der Waals surface area (Å²) < 4.78 is 5.65. The van der Waals surface area contributed by atoms with E-state index < -0.39 is 0 Å². The average Bonchev–Trinajstić information content (AvgIpc) is 2.47. The summed E-state index contributed by atoms with van der Waals surface area (Å²) in [6, 6.07) is 5.82. The minimum absolute atomic E-state index is 0.0510. The molecule has 0 aliphatic carbocycles. The molecule has 2 N–H and O–H groups in total. The number of amides is 1. The highest BCUT2D eigenvalue weighted by molar-refractivity contribution is 5.99. The lowest BCUT2D eigenvalue weighted by atomic mass is 9.95. The van der Waals surface area contributed by atoms with Gasteiger partial charge in [-0.25, -0.2) is 0 Å². The van der Waals surface area contributed by atoms with Crippen molar-refractivity contribution in [2.75, 3.05) is 18.5 Å². The normalized spacial score (nSPS) is 15.0. The molecule has 20 heavy (non-hydrogen) atoms. The van der Waals surface area contributed by atoms with Crippen LogP contribution in [0, 0.1) is 5.92 Å². The Morgan fingerprint density at radius 1 is 1.40 bits per heavy atom. The predicted molar refractivity (Wildman–Crippen MR) is 81.4 cm³/mol. The zero-order valence-electron chi connectivity index (χ0n) is 12.5. The van der Waals surface area contributed by atoms with Crippen molar-refractivity contribution in [1.29, 1.82) is 0 Å². The highest BCUT2D eigenvalue weighted by atomic mass is 16.5. The number of carbonyl (C=O) groups is 1. The van der Waals surface area contributed by atoms with Gasteiger partial charge in [0.05, 0.1) is 11.3 Å². The molecule has 0 radical (unpaired) electrons. The highest BCUT2D eigenvalue weighted by Gasteiger charge is 2.22. The van der Waals surface area contributed by atoms with Gasteiger partial charge in [0.25, 0.3) is 5.91 Å². The summed E-state index contributed by atoms with van der Waals surface area (Å²) in [6.45, 7) is 7.77. The maximum absolute atomic E-state index is 12.4. The fraction of sp³-hybridized carbons (Fsp3) is 0.562. The number of nitrogens with one attached hydrogen (secondary N) is 2. The van der Waals surface area contributed by atoms with Gasteiger partial charge >= 0.3 is 0 Å². The second-order valence-electron chi connectivity index (χ2n) is 5.30. The third-order valence-corrected chi connectivity index (χ3v) is 4.04. The number of fused-ring (bicyclic) bond motifs is 1. The highest BCUT2D eigenvalue weighted by Crippen LogP contribution is 2.31. The average molecular weight is 276 g/mol. The van der Waals surface area contributed by atoms with Gasteiger partial charge in [-0.15, -0.1) is 0 Å². The number of rotatable bonds is 5. The van der Waals surface area contributed by atoms with Crippen LogP contribution in [0.4, 0.5) is 5.69 Å². The fourth-order valence-electron chi connectivity index (χ4n) is 2.75. The third kappa shape index (κ3) is 3.06. The van der Waals surface area contributed by atoms with E-state index in [1.807, 2.05) is 18.2 Å². The number of ether oxygens (including phenoxy) is 1. The number of hydrogen-bond acceptors (Lipinski definition) is 3. The molecule has 0 saturated heterocycles. The molecule has 0 saturated carbocycles. The maximum atomic E-state index is 12.4. The van der Waals surface area contributed by atoms with Gasteiger partial charge in [0.15, 0.2) is 5.75 Å². The van der Waals surface area contributed by atoms with E-state index in [0.717, 1.165) is 25.1 Å². The molecule has 1 aliphatic rings. The molecule has 4 heteroatoms. The largest absolute Gasteiger partial charge is 0.489 e. The van der Waals surface area contributed by atoms with Crippen LogP contribution in [0.1, 0.15) is 44.0 Å². The van der Waals surface area contributed by atoms with Gasteiger partial charge in [0.2, 0.25) is 0 Å². The molecule has 1 aromatic rings. The van der Waals surface area contributed by atoms with Crippen LogP contribution >= 0.6 is 0 Å². The first-order chi connectivity index (χ1) is 9.67. The molecule has 110 valence electrons. The van der Waals surface area contributed by atoms with Crippen LogP contribution < -0.4 is 15.4 Å². The van der Waals surface area contributed by atoms with E-state index in [1.165, 1.54) is 0 Å². The van der Waals surface area contributed by atoms with Crippen LogP contribution in [0.5, 0.6) is 5.75 Å². The minimum Gasteiger partial charge on any atom is -0.489 e. The molecular formula is C16H24N2O2. The summed E-state index contributed by atoms with van der Waals surface area (Å²) in [6.07, 6.45) is 2.14. The number of anilines is 1. The molecule has 1 atom stereocenters.